The third-order valence-electron chi connectivity index (χ3n) is 5.42. The molecule has 1 aliphatic rings. The lowest BCUT2D eigenvalue weighted by molar-refractivity contribution is 0.100. The molecule has 7 heteroatoms. The van der Waals surface area contributed by atoms with Crippen LogP contribution in [0.15, 0.2) is 47.0 Å². The highest BCUT2D eigenvalue weighted by Crippen LogP contribution is 2.32. The Kier molecular flexibility index (Phi) is 5.46. The molecule has 1 saturated carbocycles. The van der Waals surface area contributed by atoms with Gasteiger partial charge in [-0.25, -0.2) is 4.79 Å². The predicted molar refractivity (Wildman–Crippen MR) is 110 cm³/mol. The minimum absolute atomic E-state index is 0.172. The van der Waals surface area contributed by atoms with Crippen molar-refractivity contribution in [3.63, 3.8) is 0 Å². The Morgan fingerprint density at radius 1 is 1.07 bits per heavy atom. The first-order chi connectivity index (χ1) is 14.1. The predicted octanol–water partition coefficient (Wildman–Crippen LogP) is 3.73. The monoisotopic (exact) mass is 392 g/mol. The summed E-state index contributed by atoms with van der Waals surface area (Å²) in [5, 5.41) is 10.7. The zero-order chi connectivity index (χ0) is 20.2. The second-order valence-corrected chi connectivity index (χ2v) is 7.39. The number of nitrogens with zero attached hydrogens (tertiary/aromatic N) is 1. The first kappa shape index (κ1) is 19.0. The van der Waals surface area contributed by atoms with Gasteiger partial charge in [0.25, 0.3) is 0 Å². The van der Waals surface area contributed by atoms with Crippen molar-refractivity contribution in [2.75, 3.05) is 0 Å². The molecule has 0 atom stereocenters. The molecule has 3 amide bonds. The topological polar surface area (TPSA) is 110 Å². The van der Waals surface area contributed by atoms with Crippen molar-refractivity contribution in [2.24, 2.45) is 5.73 Å². The van der Waals surface area contributed by atoms with E-state index in [0.717, 1.165) is 36.8 Å². The van der Waals surface area contributed by atoms with Gasteiger partial charge in [0.15, 0.2) is 5.58 Å². The van der Waals surface area contributed by atoms with E-state index in [-0.39, 0.29) is 12.1 Å². The van der Waals surface area contributed by atoms with Crippen LogP contribution in [0.1, 0.15) is 48.0 Å². The summed E-state index contributed by atoms with van der Waals surface area (Å²) in [5.41, 5.74) is 8.60. The van der Waals surface area contributed by atoms with Crippen molar-refractivity contribution < 1.29 is 14.1 Å². The van der Waals surface area contributed by atoms with Crippen molar-refractivity contribution in [1.82, 2.24) is 15.8 Å². The number of fused-ring (bicyclic) bond motifs is 1. The van der Waals surface area contributed by atoms with Crippen LogP contribution in [-0.4, -0.2) is 23.1 Å². The van der Waals surface area contributed by atoms with Gasteiger partial charge >= 0.3 is 6.03 Å². The number of nitrogens with one attached hydrogen (secondary N) is 2. The Balaban J connectivity index is 1.57. The van der Waals surface area contributed by atoms with E-state index in [1.54, 1.807) is 18.2 Å². The van der Waals surface area contributed by atoms with Gasteiger partial charge in [-0.3, -0.25) is 4.79 Å². The number of amides is 3. The first-order valence-corrected chi connectivity index (χ1v) is 9.94. The fourth-order valence-electron chi connectivity index (χ4n) is 3.95. The minimum atomic E-state index is -0.539. The Labute approximate surface area is 168 Å². The van der Waals surface area contributed by atoms with E-state index < -0.39 is 5.91 Å². The third kappa shape index (κ3) is 4.08. The SMILES string of the molecule is NC(=O)c1cccc2onc(-c3ccccc3CNC(=O)NC3CCCCC3)c12. The molecule has 0 saturated heterocycles. The molecule has 29 heavy (non-hydrogen) atoms. The number of primary amides is 1. The van der Waals surface area contributed by atoms with Crippen molar-refractivity contribution in [3.8, 4) is 11.3 Å². The second kappa shape index (κ2) is 8.34. The van der Waals surface area contributed by atoms with E-state index in [1.165, 1.54) is 6.42 Å². The summed E-state index contributed by atoms with van der Waals surface area (Å²) in [7, 11) is 0. The Bertz CT molecular complexity index is 1040. The van der Waals surface area contributed by atoms with Crippen molar-refractivity contribution in [3.05, 3.63) is 53.6 Å². The van der Waals surface area contributed by atoms with Gasteiger partial charge in [-0.1, -0.05) is 54.8 Å². The summed E-state index contributed by atoms with van der Waals surface area (Å²) in [4.78, 5) is 24.2. The highest BCUT2D eigenvalue weighted by molar-refractivity contribution is 6.09. The number of benzene rings is 2. The van der Waals surface area contributed by atoms with Crippen LogP contribution in [0.4, 0.5) is 4.79 Å². The molecule has 0 bridgehead atoms. The lowest BCUT2D eigenvalue weighted by Gasteiger charge is -2.23. The average Bonchev–Trinajstić information content (AvgIpc) is 3.17. The van der Waals surface area contributed by atoms with Crippen LogP contribution >= 0.6 is 0 Å². The van der Waals surface area contributed by atoms with E-state index in [1.807, 2.05) is 24.3 Å². The van der Waals surface area contributed by atoms with Crippen LogP contribution in [0.2, 0.25) is 0 Å². The first-order valence-electron chi connectivity index (χ1n) is 9.94. The van der Waals surface area contributed by atoms with Crippen LogP contribution in [0.5, 0.6) is 0 Å². The molecular weight excluding hydrogens is 368 g/mol. The van der Waals surface area contributed by atoms with E-state index in [2.05, 4.69) is 15.8 Å². The lowest BCUT2D eigenvalue weighted by Crippen LogP contribution is -2.42. The number of hydrogen-bond donors (Lipinski definition) is 3. The molecule has 1 fully saturated rings. The fourth-order valence-corrected chi connectivity index (χ4v) is 3.95. The van der Waals surface area contributed by atoms with Crippen LogP contribution in [-0.2, 0) is 6.54 Å². The molecule has 1 heterocycles. The van der Waals surface area contributed by atoms with Crippen LogP contribution in [0.3, 0.4) is 0 Å². The Morgan fingerprint density at radius 3 is 2.66 bits per heavy atom. The van der Waals surface area contributed by atoms with Gasteiger partial charge in [-0.2, -0.15) is 0 Å². The zero-order valence-corrected chi connectivity index (χ0v) is 16.1. The van der Waals surface area contributed by atoms with Gasteiger partial charge in [-0.15, -0.1) is 0 Å². The maximum atomic E-state index is 12.3. The van der Waals surface area contributed by atoms with Gasteiger partial charge in [0.2, 0.25) is 5.91 Å². The molecule has 150 valence electrons. The standard InChI is InChI=1S/C22H24N4O3/c23-21(27)17-11-6-12-18-19(17)20(26-29-18)16-10-5-4-7-14(16)13-24-22(28)25-15-8-2-1-3-9-15/h4-7,10-12,15H,1-3,8-9,13H2,(H2,23,27)(H2,24,25,28). The summed E-state index contributed by atoms with van der Waals surface area (Å²) in [6.45, 7) is 0.335. The lowest BCUT2D eigenvalue weighted by atomic mass is 9.96. The molecule has 1 aromatic heterocycles. The van der Waals surface area contributed by atoms with E-state index >= 15 is 0 Å². The quantitative estimate of drug-likeness (QED) is 0.614. The maximum absolute atomic E-state index is 12.3. The molecule has 0 radical (unpaired) electrons. The number of nitrogens with two attached hydrogens (primary N) is 1. The second-order valence-electron chi connectivity index (χ2n) is 7.39. The molecule has 3 aromatic rings. The number of urea groups is 1. The van der Waals surface area contributed by atoms with E-state index in [9.17, 15) is 9.59 Å². The highest BCUT2D eigenvalue weighted by atomic mass is 16.5. The highest BCUT2D eigenvalue weighted by Gasteiger charge is 2.20. The molecule has 2 aromatic carbocycles. The normalized spacial score (nSPS) is 14.6. The minimum Gasteiger partial charge on any atom is -0.366 e. The summed E-state index contributed by atoms with van der Waals surface area (Å²) < 4.78 is 5.42. The molecule has 1 aliphatic carbocycles. The summed E-state index contributed by atoms with van der Waals surface area (Å²) in [6, 6.07) is 12.8. The molecule has 4 N–H and O–H groups in total. The number of hydrogen-bond acceptors (Lipinski definition) is 4. The van der Waals surface area contributed by atoms with Gasteiger partial charge in [0.05, 0.1) is 10.9 Å². The van der Waals surface area contributed by atoms with Crippen molar-refractivity contribution in [2.45, 2.75) is 44.7 Å². The average molecular weight is 392 g/mol. The summed E-state index contributed by atoms with van der Waals surface area (Å²) in [5.74, 6) is -0.539. The number of rotatable bonds is 5. The van der Waals surface area contributed by atoms with Crippen LogP contribution in [0.25, 0.3) is 22.2 Å². The Hall–Kier alpha value is -3.35. The van der Waals surface area contributed by atoms with Gasteiger partial charge < -0.3 is 20.9 Å². The molecule has 0 spiro atoms. The number of carbonyl (C=O) groups is 2. The smallest absolute Gasteiger partial charge is 0.315 e. The number of aromatic nitrogens is 1. The molecule has 4 rings (SSSR count). The van der Waals surface area contributed by atoms with Gasteiger partial charge in [0, 0.05) is 18.2 Å². The molecule has 0 aliphatic heterocycles. The summed E-state index contributed by atoms with van der Waals surface area (Å²) in [6.07, 6.45) is 5.63. The van der Waals surface area contributed by atoms with Gasteiger partial charge in [0.1, 0.15) is 5.69 Å². The van der Waals surface area contributed by atoms with Crippen molar-refractivity contribution in [1.29, 1.82) is 0 Å². The van der Waals surface area contributed by atoms with Crippen LogP contribution < -0.4 is 16.4 Å². The Morgan fingerprint density at radius 2 is 1.86 bits per heavy atom. The van der Waals surface area contributed by atoms with Gasteiger partial charge in [-0.05, 0) is 30.5 Å². The third-order valence-corrected chi connectivity index (χ3v) is 5.42. The van der Waals surface area contributed by atoms with E-state index in [0.29, 0.717) is 28.8 Å². The molecule has 0 unspecified atom stereocenters. The zero-order valence-electron chi connectivity index (χ0n) is 16.1. The molecule has 7 nitrogen and oxygen atoms in total. The summed E-state index contributed by atoms with van der Waals surface area (Å²) >= 11 is 0. The fraction of sp³-hybridized carbons (Fsp3) is 0.318. The number of carbonyl (C=O) groups excluding carboxylic acids is 2. The largest absolute Gasteiger partial charge is 0.366 e. The van der Waals surface area contributed by atoms with Crippen molar-refractivity contribution >= 4 is 22.9 Å². The molecular formula is C22H24N4O3. The van der Waals surface area contributed by atoms with E-state index in [4.69, 9.17) is 10.3 Å². The maximum Gasteiger partial charge on any atom is 0.315 e. The van der Waals surface area contributed by atoms with Crippen LogP contribution in [0, 0.1) is 0 Å².